The molecule has 1 unspecified atom stereocenters. The Labute approximate surface area is 169 Å². The summed E-state index contributed by atoms with van der Waals surface area (Å²) in [6.45, 7) is 0. The molecule has 4 rings (SSSR count). The Morgan fingerprint density at radius 2 is 1.83 bits per heavy atom. The first-order valence-electron chi connectivity index (χ1n) is 9.07. The van der Waals surface area contributed by atoms with Crippen molar-refractivity contribution in [1.82, 2.24) is 14.7 Å². The van der Waals surface area contributed by atoms with Gasteiger partial charge in [0.05, 0.1) is 22.1 Å². The molecule has 0 amide bonds. The maximum Gasteiger partial charge on any atom is 0.278 e. The number of hydrogen-bond acceptors (Lipinski definition) is 4. The predicted octanol–water partition coefficient (Wildman–Crippen LogP) is 3.36. The number of H-pyrrole nitrogens is 1. The molecule has 0 aliphatic carbocycles. The average molecular weight is 440 g/mol. The lowest BCUT2D eigenvalue weighted by Crippen LogP contribution is -2.38. The number of halogens is 2. The quantitative estimate of drug-likeness (QED) is 0.638. The van der Waals surface area contributed by atoms with E-state index in [1.54, 1.807) is 36.5 Å². The van der Waals surface area contributed by atoms with Crippen LogP contribution in [0.3, 0.4) is 0 Å². The SMILES string of the molecule is O=S(NC1CCS(=O)(=O)CC1)c1ccc(-c2ccnc3[nH]c(C(F)F)cc23)cc1. The van der Waals surface area contributed by atoms with Gasteiger partial charge in [0.15, 0.2) is 0 Å². The predicted molar refractivity (Wildman–Crippen MR) is 108 cm³/mol. The Morgan fingerprint density at radius 3 is 2.48 bits per heavy atom. The van der Waals surface area contributed by atoms with Crippen LogP contribution in [0.1, 0.15) is 25.0 Å². The van der Waals surface area contributed by atoms with Crippen molar-refractivity contribution in [3.05, 3.63) is 48.3 Å². The van der Waals surface area contributed by atoms with Gasteiger partial charge in [-0.2, -0.15) is 0 Å². The first-order chi connectivity index (χ1) is 13.8. The van der Waals surface area contributed by atoms with Crippen molar-refractivity contribution in [1.29, 1.82) is 0 Å². The lowest BCUT2D eigenvalue weighted by molar-refractivity contribution is 0.147. The minimum absolute atomic E-state index is 0.105. The van der Waals surface area contributed by atoms with Crippen LogP contribution in [0.25, 0.3) is 22.2 Å². The van der Waals surface area contributed by atoms with Crippen LogP contribution in [0.15, 0.2) is 47.5 Å². The van der Waals surface area contributed by atoms with Gasteiger partial charge < -0.3 is 4.98 Å². The summed E-state index contributed by atoms with van der Waals surface area (Å²) in [6.07, 6.45) is -0.168. The molecule has 29 heavy (non-hydrogen) atoms. The molecule has 0 saturated carbocycles. The highest BCUT2D eigenvalue weighted by molar-refractivity contribution is 7.91. The summed E-state index contributed by atoms with van der Waals surface area (Å²) in [6, 6.07) is 10.0. The van der Waals surface area contributed by atoms with Gasteiger partial charge in [-0.05, 0) is 48.2 Å². The summed E-state index contributed by atoms with van der Waals surface area (Å²) in [5, 5.41) is 0.596. The van der Waals surface area contributed by atoms with Crippen LogP contribution in [-0.2, 0) is 20.8 Å². The normalized spacial score (nSPS) is 18.3. The minimum atomic E-state index is -2.97. The van der Waals surface area contributed by atoms with Crippen molar-refractivity contribution in [2.75, 3.05) is 11.5 Å². The molecule has 1 saturated heterocycles. The molecular weight excluding hydrogens is 420 g/mol. The fraction of sp³-hybridized carbons (Fsp3) is 0.316. The van der Waals surface area contributed by atoms with Crippen molar-refractivity contribution in [2.24, 2.45) is 0 Å². The molecule has 10 heteroatoms. The van der Waals surface area contributed by atoms with E-state index in [-0.39, 0.29) is 23.2 Å². The Kier molecular flexibility index (Phi) is 5.50. The summed E-state index contributed by atoms with van der Waals surface area (Å²) in [5.41, 5.74) is 1.75. The maximum atomic E-state index is 13.0. The lowest BCUT2D eigenvalue weighted by atomic mass is 10.0. The number of rotatable bonds is 5. The number of nitrogens with zero attached hydrogens (tertiary/aromatic N) is 1. The Hall–Kier alpha value is -2.17. The van der Waals surface area contributed by atoms with Crippen molar-refractivity contribution < 1.29 is 21.4 Å². The molecule has 154 valence electrons. The highest BCUT2D eigenvalue weighted by Crippen LogP contribution is 2.31. The van der Waals surface area contributed by atoms with Gasteiger partial charge in [-0.15, -0.1) is 0 Å². The number of sulfone groups is 1. The molecule has 0 bridgehead atoms. The smallest absolute Gasteiger partial charge is 0.278 e. The number of hydrogen-bond donors (Lipinski definition) is 2. The van der Waals surface area contributed by atoms with E-state index in [1.807, 2.05) is 0 Å². The Bertz CT molecular complexity index is 1150. The van der Waals surface area contributed by atoms with Crippen molar-refractivity contribution in [3.63, 3.8) is 0 Å². The molecule has 1 atom stereocenters. The fourth-order valence-electron chi connectivity index (χ4n) is 3.40. The van der Waals surface area contributed by atoms with Gasteiger partial charge in [0.2, 0.25) is 0 Å². The van der Waals surface area contributed by atoms with Gasteiger partial charge >= 0.3 is 0 Å². The summed E-state index contributed by atoms with van der Waals surface area (Å²) in [5.74, 6) is 0.215. The molecule has 1 fully saturated rings. The van der Waals surface area contributed by atoms with Crippen LogP contribution in [0.4, 0.5) is 8.78 Å². The molecule has 1 aliphatic heterocycles. The van der Waals surface area contributed by atoms with Gasteiger partial charge in [-0.25, -0.2) is 31.1 Å². The van der Waals surface area contributed by atoms with Crippen molar-refractivity contribution in [2.45, 2.75) is 30.2 Å². The monoisotopic (exact) mass is 439 g/mol. The van der Waals surface area contributed by atoms with E-state index in [1.165, 1.54) is 6.07 Å². The van der Waals surface area contributed by atoms with Crippen LogP contribution < -0.4 is 4.72 Å². The fourth-order valence-corrected chi connectivity index (χ4v) is 5.95. The average Bonchev–Trinajstić information content (AvgIpc) is 3.14. The second-order valence-electron chi connectivity index (χ2n) is 6.98. The third-order valence-electron chi connectivity index (χ3n) is 5.00. The zero-order valence-electron chi connectivity index (χ0n) is 15.3. The number of pyridine rings is 1. The van der Waals surface area contributed by atoms with Gasteiger partial charge in [-0.1, -0.05) is 12.1 Å². The first-order valence-corrected chi connectivity index (χ1v) is 12.0. The molecule has 0 radical (unpaired) electrons. The highest BCUT2D eigenvalue weighted by Gasteiger charge is 2.25. The van der Waals surface area contributed by atoms with Crippen LogP contribution in [0.2, 0.25) is 0 Å². The number of nitrogens with one attached hydrogen (secondary N) is 2. The van der Waals surface area contributed by atoms with Gasteiger partial charge in [-0.3, -0.25) is 0 Å². The van der Waals surface area contributed by atoms with E-state index in [4.69, 9.17) is 0 Å². The molecule has 2 aromatic heterocycles. The van der Waals surface area contributed by atoms with Crippen LogP contribution in [-0.4, -0.2) is 40.1 Å². The maximum absolute atomic E-state index is 13.0. The largest absolute Gasteiger partial charge is 0.338 e. The standard InChI is InChI=1S/C19H19F2N3O3S2/c20-18(21)17-11-16-15(5-8-22-19(16)23-17)12-1-3-14(4-2-12)28(25)24-13-6-9-29(26,27)10-7-13/h1-5,8,11,13,18,24H,6-7,9-10H2,(H,22,23). The molecule has 1 aromatic carbocycles. The zero-order chi connectivity index (χ0) is 20.6. The molecular formula is C19H19F2N3O3S2. The van der Waals surface area contributed by atoms with Crippen LogP contribution in [0.5, 0.6) is 0 Å². The highest BCUT2D eigenvalue weighted by atomic mass is 32.2. The van der Waals surface area contributed by atoms with E-state index in [0.29, 0.717) is 28.8 Å². The number of alkyl halides is 2. The van der Waals surface area contributed by atoms with Gasteiger partial charge in [0.25, 0.3) is 6.43 Å². The van der Waals surface area contributed by atoms with E-state index in [0.717, 1.165) is 11.1 Å². The van der Waals surface area contributed by atoms with E-state index < -0.39 is 27.2 Å². The van der Waals surface area contributed by atoms with Crippen molar-refractivity contribution >= 4 is 31.9 Å². The third kappa shape index (κ3) is 4.39. The van der Waals surface area contributed by atoms with Crippen molar-refractivity contribution in [3.8, 4) is 11.1 Å². The Morgan fingerprint density at radius 1 is 1.14 bits per heavy atom. The molecule has 3 heterocycles. The number of fused-ring (bicyclic) bond motifs is 1. The lowest BCUT2D eigenvalue weighted by Gasteiger charge is -2.22. The zero-order valence-corrected chi connectivity index (χ0v) is 16.9. The number of benzene rings is 1. The molecule has 6 nitrogen and oxygen atoms in total. The molecule has 1 aliphatic rings. The minimum Gasteiger partial charge on any atom is -0.338 e. The summed E-state index contributed by atoms with van der Waals surface area (Å²) < 4.78 is 64.5. The summed E-state index contributed by atoms with van der Waals surface area (Å²) in [7, 11) is -4.43. The molecule has 2 N–H and O–H groups in total. The Balaban J connectivity index is 1.52. The van der Waals surface area contributed by atoms with E-state index in [2.05, 4.69) is 14.7 Å². The second-order valence-corrected chi connectivity index (χ2v) is 10.5. The summed E-state index contributed by atoms with van der Waals surface area (Å²) >= 11 is 0. The number of aromatic nitrogens is 2. The summed E-state index contributed by atoms with van der Waals surface area (Å²) in [4.78, 5) is 7.29. The molecule has 3 aromatic rings. The van der Waals surface area contributed by atoms with E-state index in [9.17, 15) is 21.4 Å². The molecule has 0 spiro atoms. The topological polar surface area (TPSA) is 91.9 Å². The van der Waals surface area contributed by atoms with E-state index >= 15 is 0 Å². The second kappa shape index (κ2) is 7.92. The van der Waals surface area contributed by atoms with Gasteiger partial charge in [0, 0.05) is 17.6 Å². The third-order valence-corrected chi connectivity index (χ3v) is 7.96. The van der Waals surface area contributed by atoms with Crippen LogP contribution >= 0.6 is 0 Å². The van der Waals surface area contributed by atoms with Crippen LogP contribution in [0, 0.1) is 0 Å². The number of aromatic amines is 1. The van der Waals surface area contributed by atoms with Gasteiger partial charge in [0.1, 0.15) is 26.5 Å². The first kappa shape index (κ1) is 20.1.